The fourth-order valence-corrected chi connectivity index (χ4v) is 2.67. The lowest BCUT2D eigenvalue weighted by Gasteiger charge is -2.27. The molecule has 7 heteroatoms. The van der Waals surface area contributed by atoms with Crippen LogP contribution in [0.2, 0.25) is 0 Å². The van der Waals surface area contributed by atoms with E-state index < -0.39 is 5.97 Å². The molecule has 1 fully saturated rings. The topological polar surface area (TPSA) is 71.1 Å². The van der Waals surface area contributed by atoms with Crippen LogP contribution in [0.3, 0.4) is 0 Å². The smallest absolute Gasteiger partial charge is 0.337 e. The summed E-state index contributed by atoms with van der Waals surface area (Å²) in [5.41, 5.74) is 0.967. The lowest BCUT2D eigenvalue weighted by Crippen LogP contribution is -2.43. The van der Waals surface area contributed by atoms with E-state index in [2.05, 4.69) is 5.32 Å². The molecule has 2 rings (SSSR count). The molecule has 1 atom stereocenters. The first kappa shape index (κ1) is 19.2. The fourth-order valence-electron chi connectivity index (χ4n) is 2.67. The number of esters is 1. The van der Waals surface area contributed by atoms with Gasteiger partial charge in [-0.25, -0.2) is 9.59 Å². The lowest BCUT2D eigenvalue weighted by molar-refractivity contribution is 0.0600. The fraction of sp³-hybridized carbons (Fsp3) is 0.556. The van der Waals surface area contributed by atoms with Crippen molar-refractivity contribution in [2.75, 3.05) is 52.8 Å². The van der Waals surface area contributed by atoms with E-state index in [1.54, 1.807) is 29.2 Å². The van der Waals surface area contributed by atoms with Crippen molar-refractivity contribution < 1.29 is 19.1 Å². The number of rotatable bonds is 7. The van der Waals surface area contributed by atoms with Crippen LogP contribution < -0.4 is 5.32 Å². The van der Waals surface area contributed by atoms with Gasteiger partial charge < -0.3 is 24.6 Å². The Bertz CT molecular complexity index is 585. The molecule has 2 amide bonds. The number of ether oxygens (including phenoxy) is 2. The van der Waals surface area contributed by atoms with Gasteiger partial charge in [0, 0.05) is 31.9 Å². The van der Waals surface area contributed by atoms with Gasteiger partial charge in [0.1, 0.15) is 0 Å². The number of carbonyl (C=O) groups is 2. The third-order valence-corrected chi connectivity index (χ3v) is 4.09. The lowest BCUT2D eigenvalue weighted by atomic mass is 10.2. The molecule has 138 valence electrons. The number of amides is 2. The number of likely N-dealkylation sites (N-methyl/N-ethyl adjacent to an activating group) is 1. The zero-order chi connectivity index (χ0) is 18.2. The van der Waals surface area contributed by atoms with Crippen LogP contribution in [-0.4, -0.2) is 75.4 Å². The maximum atomic E-state index is 12.7. The minimum absolute atomic E-state index is 0.0920. The monoisotopic (exact) mass is 349 g/mol. The molecule has 0 radical (unpaired) electrons. The molecule has 1 aromatic carbocycles. The van der Waals surface area contributed by atoms with E-state index in [4.69, 9.17) is 9.47 Å². The van der Waals surface area contributed by atoms with Gasteiger partial charge in [0.25, 0.3) is 0 Å². The van der Waals surface area contributed by atoms with E-state index in [9.17, 15) is 9.59 Å². The Morgan fingerprint density at radius 1 is 1.32 bits per heavy atom. The molecule has 0 aromatic heterocycles. The maximum Gasteiger partial charge on any atom is 0.337 e. The third kappa shape index (κ3) is 6.03. The van der Waals surface area contributed by atoms with Crippen LogP contribution in [0.1, 0.15) is 23.2 Å². The highest BCUT2D eigenvalue weighted by Crippen LogP contribution is 2.16. The molecule has 25 heavy (non-hydrogen) atoms. The quantitative estimate of drug-likeness (QED) is 0.763. The van der Waals surface area contributed by atoms with E-state index in [0.29, 0.717) is 24.3 Å². The molecule has 1 aliphatic heterocycles. The Balaban J connectivity index is 2.03. The number of anilines is 1. The van der Waals surface area contributed by atoms with E-state index in [-0.39, 0.29) is 12.1 Å². The number of carbonyl (C=O) groups excluding carboxylic acids is 2. The van der Waals surface area contributed by atoms with Crippen molar-refractivity contribution in [2.45, 2.75) is 18.9 Å². The summed E-state index contributed by atoms with van der Waals surface area (Å²) in [6, 6.07) is 6.53. The van der Waals surface area contributed by atoms with E-state index in [1.807, 2.05) is 19.0 Å². The Kier molecular flexibility index (Phi) is 7.21. The summed E-state index contributed by atoms with van der Waals surface area (Å²) in [6.45, 7) is 2.70. The van der Waals surface area contributed by atoms with Gasteiger partial charge in [0.2, 0.25) is 0 Å². The molecule has 1 N–H and O–H groups in total. The molecule has 1 heterocycles. The Labute approximate surface area is 148 Å². The van der Waals surface area contributed by atoms with Crippen molar-refractivity contribution in [3.05, 3.63) is 29.8 Å². The minimum atomic E-state index is -0.431. The van der Waals surface area contributed by atoms with Crippen LogP contribution in [0.25, 0.3) is 0 Å². The summed E-state index contributed by atoms with van der Waals surface area (Å²) in [5.74, 6) is -0.431. The van der Waals surface area contributed by atoms with Crippen molar-refractivity contribution in [3.63, 3.8) is 0 Å². The Morgan fingerprint density at radius 3 is 2.76 bits per heavy atom. The predicted octanol–water partition coefficient (Wildman–Crippen LogP) is 2.05. The summed E-state index contributed by atoms with van der Waals surface area (Å²) in [5, 5.41) is 2.86. The van der Waals surface area contributed by atoms with Crippen LogP contribution >= 0.6 is 0 Å². The van der Waals surface area contributed by atoms with Crippen LogP contribution in [0, 0.1) is 0 Å². The van der Waals surface area contributed by atoms with E-state index >= 15 is 0 Å². The van der Waals surface area contributed by atoms with Crippen LogP contribution in [0.5, 0.6) is 0 Å². The Morgan fingerprint density at radius 2 is 2.12 bits per heavy atom. The van der Waals surface area contributed by atoms with E-state index in [1.165, 1.54) is 7.11 Å². The molecular formula is C18H27N3O4. The highest BCUT2D eigenvalue weighted by atomic mass is 16.5. The Hall–Kier alpha value is -2.12. The summed E-state index contributed by atoms with van der Waals surface area (Å²) < 4.78 is 10.4. The molecule has 1 aromatic rings. The molecule has 0 spiro atoms. The van der Waals surface area contributed by atoms with Gasteiger partial charge in [-0.05, 0) is 45.1 Å². The first-order valence-electron chi connectivity index (χ1n) is 8.50. The van der Waals surface area contributed by atoms with Gasteiger partial charge in [-0.15, -0.1) is 0 Å². The predicted molar refractivity (Wildman–Crippen MR) is 95.9 cm³/mol. The van der Waals surface area contributed by atoms with E-state index in [0.717, 1.165) is 26.0 Å². The molecule has 0 aliphatic carbocycles. The molecule has 1 aliphatic rings. The number of benzene rings is 1. The normalized spacial score (nSPS) is 16.7. The first-order valence-corrected chi connectivity index (χ1v) is 8.50. The second kappa shape index (κ2) is 9.39. The highest BCUT2D eigenvalue weighted by molar-refractivity contribution is 5.93. The van der Waals surface area contributed by atoms with Crippen LogP contribution in [-0.2, 0) is 9.47 Å². The summed E-state index contributed by atoms with van der Waals surface area (Å²) in [4.78, 5) is 28.1. The highest BCUT2D eigenvalue weighted by Gasteiger charge is 2.22. The largest absolute Gasteiger partial charge is 0.465 e. The second-order valence-electron chi connectivity index (χ2n) is 6.39. The van der Waals surface area contributed by atoms with Gasteiger partial charge >= 0.3 is 12.0 Å². The molecule has 0 bridgehead atoms. The number of hydrogen-bond donors (Lipinski definition) is 1. The SMILES string of the molecule is COC(=O)c1cccc(NC(=O)N(CCN(C)C)C[C@H]2CCCO2)c1. The molecule has 0 saturated carbocycles. The zero-order valence-electron chi connectivity index (χ0n) is 15.2. The average Bonchev–Trinajstić information content (AvgIpc) is 3.11. The molecule has 7 nitrogen and oxygen atoms in total. The first-order chi connectivity index (χ1) is 12.0. The second-order valence-corrected chi connectivity index (χ2v) is 6.39. The third-order valence-electron chi connectivity index (χ3n) is 4.09. The van der Waals surface area contributed by atoms with Crippen molar-refractivity contribution in [2.24, 2.45) is 0 Å². The standard InChI is InChI=1S/C18H27N3O4/c1-20(2)9-10-21(13-16-8-5-11-25-16)18(23)19-15-7-4-6-14(12-15)17(22)24-3/h4,6-7,12,16H,5,8-11,13H2,1-3H3,(H,19,23)/t16-/m1/s1. The maximum absolute atomic E-state index is 12.7. The summed E-state index contributed by atoms with van der Waals surface area (Å²) in [7, 11) is 5.28. The average molecular weight is 349 g/mol. The number of hydrogen-bond acceptors (Lipinski definition) is 5. The van der Waals surface area contributed by atoms with Gasteiger partial charge in [-0.3, -0.25) is 0 Å². The molecule has 0 unspecified atom stereocenters. The zero-order valence-corrected chi connectivity index (χ0v) is 15.2. The number of urea groups is 1. The number of nitrogens with zero attached hydrogens (tertiary/aromatic N) is 2. The van der Waals surface area contributed by atoms with Gasteiger partial charge in [0.15, 0.2) is 0 Å². The number of methoxy groups -OCH3 is 1. The summed E-state index contributed by atoms with van der Waals surface area (Å²) in [6.07, 6.45) is 2.10. The van der Waals surface area contributed by atoms with Gasteiger partial charge in [0.05, 0.1) is 18.8 Å². The van der Waals surface area contributed by atoms with Crippen LogP contribution in [0.4, 0.5) is 10.5 Å². The van der Waals surface area contributed by atoms with Gasteiger partial charge in [-0.1, -0.05) is 6.07 Å². The van der Waals surface area contributed by atoms with Crippen molar-refractivity contribution in [1.82, 2.24) is 9.80 Å². The summed E-state index contributed by atoms with van der Waals surface area (Å²) >= 11 is 0. The van der Waals surface area contributed by atoms with Crippen molar-refractivity contribution in [1.29, 1.82) is 0 Å². The minimum Gasteiger partial charge on any atom is -0.465 e. The molecule has 1 saturated heterocycles. The number of nitrogens with one attached hydrogen (secondary N) is 1. The van der Waals surface area contributed by atoms with Gasteiger partial charge in [-0.2, -0.15) is 0 Å². The van der Waals surface area contributed by atoms with Crippen molar-refractivity contribution in [3.8, 4) is 0 Å². The van der Waals surface area contributed by atoms with Crippen molar-refractivity contribution >= 4 is 17.7 Å². The molecular weight excluding hydrogens is 322 g/mol. The van der Waals surface area contributed by atoms with Crippen LogP contribution in [0.15, 0.2) is 24.3 Å².